The summed E-state index contributed by atoms with van der Waals surface area (Å²) in [5, 5.41) is 4.04. The van der Waals surface area contributed by atoms with E-state index in [9.17, 15) is 0 Å². The van der Waals surface area contributed by atoms with Crippen LogP contribution in [0, 0.1) is 0 Å². The summed E-state index contributed by atoms with van der Waals surface area (Å²) in [5.74, 6) is 1.61. The molecular formula is C21H29N5OS. The molecule has 1 saturated heterocycles. The Morgan fingerprint density at radius 1 is 1.14 bits per heavy atom. The maximum Gasteiger partial charge on any atom is 0.184 e. The van der Waals surface area contributed by atoms with E-state index < -0.39 is 0 Å². The minimum Gasteiger partial charge on any atom is -0.459 e. The first-order valence-electron chi connectivity index (χ1n) is 9.56. The molecule has 0 atom stereocenters. The standard InChI is InChI=1S/C21H29N5OS/c1-21(2,3)16-4-6-17(7-5-16)26-12-10-25(11-13-26)15-19-9-8-18(27-19)14-23-24-20(22)28/h4-9,14H,10-13,15H2,1-3H3,(H3,22,24,28). The van der Waals surface area contributed by atoms with E-state index in [0.717, 1.165) is 38.5 Å². The number of benzene rings is 1. The SMILES string of the molecule is CC(C)(C)c1ccc(N2CCN(Cc3ccc(C=NNC(N)=S)o3)CC2)cc1. The number of anilines is 1. The molecule has 0 radical (unpaired) electrons. The Morgan fingerprint density at radius 3 is 2.43 bits per heavy atom. The van der Waals surface area contributed by atoms with E-state index in [2.05, 4.69) is 65.4 Å². The van der Waals surface area contributed by atoms with Crippen molar-refractivity contribution in [2.75, 3.05) is 31.1 Å². The van der Waals surface area contributed by atoms with Crippen LogP contribution in [0.4, 0.5) is 5.69 Å². The van der Waals surface area contributed by atoms with Crippen LogP contribution in [0.5, 0.6) is 0 Å². The maximum atomic E-state index is 5.80. The van der Waals surface area contributed by atoms with Crippen LogP contribution in [-0.2, 0) is 12.0 Å². The second-order valence-electron chi connectivity index (χ2n) is 8.10. The highest BCUT2D eigenvalue weighted by atomic mass is 32.1. The van der Waals surface area contributed by atoms with Gasteiger partial charge in [0.25, 0.3) is 0 Å². The molecule has 1 aliphatic heterocycles. The van der Waals surface area contributed by atoms with Crippen LogP contribution in [0.3, 0.4) is 0 Å². The molecular weight excluding hydrogens is 370 g/mol. The summed E-state index contributed by atoms with van der Waals surface area (Å²) >= 11 is 4.70. The van der Waals surface area contributed by atoms with Crippen molar-refractivity contribution in [2.24, 2.45) is 10.8 Å². The number of hydrogen-bond donors (Lipinski definition) is 2. The molecule has 0 amide bonds. The second kappa shape index (κ2) is 8.75. The molecule has 1 aromatic carbocycles. The number of nitrogens with one attached hydrogen (secondary N) is 1. The number of piperazine rings is 1. The van der Waals surface area contributed by atoms with Gasteiger partial charge in [-0.25, -0.2) is 0 Å². The van der Waals surface area contributed by atoms with E-state index in [-0.39, 0.29) is 10.5 Å². The van der Waals surface area contributed by atoms with Crippen LogP contribution < -0.4 is 16.1 Å². The van der Waals surface area contributed by atoms with Gasteiger partial charge in [-0.3, -0.25) is 10.3 Å². The minimum absolute atomic E-state index is 0.133. The van der Waals surface area contributed by atoms with Crippen molar-refractivity contribution in [3.63, 3.8) is 0 Å². The Balaban J connectivity index is 1.50. The molecule has 0 aliphatic carbocycles. The normalized spacial score (nSPS) is 15.9. The summed E-state index contributed by atoms with van der Waals surface area (Å²) in [7, 11) is 0. The number of hydrazone groups is 1. The van der Waals surface area contributed by atoms with Gasteiger partial charge in [0.2, 0.25) is 0 Å². The molecule has 0 spiro atoms. The third-order valence-electron chi connectivity index (χ3n) is 4.90. The maximum absolute atomic E-state index is 5.80. The smallest absolute Gasteiger partial charge is 0.184 e. The number of nitrogens with zero attached hydrogens (tertiary/aromatic N) is 3. The highest BCUT2D eigenvalue weighted by Crippen LogP contribution is 2.25. The molecule has 2 heterocycles. The van der Waals surface area contributed by atoms with Gasteiger partial charge in [0.15, 0.2) is 5.11 Å². The highest BCUT2D eigenvalue weighted by molar-refractivity contribution is 7.80. The summed E-state index contributed by atoms with van der Waals surface area (Å²) in [6, 6.07) is 12.9. The minimum atomic E-state index is 0.133. The van der Waals surface area contributed by atoms with Crippen LogP contribution in [0.2, 0.25) is 0 Å². The third-order valence-corrected chi connectivity index (χ3v) is 4.99. The molecule has 1 fully saturated rings. The summed E-state index contributed by atoms with van der Waals surface area (Å²) in [5.41, 5.74) is 10.7. The summed E-state index contributed by atoms with van der Waals surface area (Å²) in [6.45, 7) is 11.6. The van der Waals surface area contributed by atoms with Gasteiger partial charge in [-0.2, -0.15) is 5.10 Å². The zero-order valence-electron chi connectivity index (χ0n) is 16.8. The fraction of sp³-hybridized carbons (Fsp3) is 0.429. The number of hydrogen-bond acceptors (Lipinski definition) is 5. The predicted octanol–water partition coefficient (Wildman–Crippen LogP) is 3.07. The van der Waals surface area contributed by atoms with Gasteiger partial charge in [-0.1, -0.05) is 32.9 Å². The zero-order chi connectivity index (χ0) is 20.1. The first-order valence-corrected chi connectivity index (χ1v) is 9.97. The van der Waals surface area contributed by atoms with Crippen molar-refractivity contribution in [2.45, 2.75) is 32.7 Å². The molecule has 0 bridgehead atoms. The number of rotatable bonds is 5. The van der Waals surface area contributed by atoms with Crippen molar-refractivity contribution in [1.29, 1.82) is 0 Å². The zero-order valence-corrected chi connectivity index (χ0v) is 17.6. The first kappa shape index (κ1) is 20.4. The van der Waals surface area contributed by atoms with Crippen molar-refractivity contribution in [1.82, 2.24) is 10.3 Å². The van der Waals surface area contributed by atoms with Gasteiger partial charge < -0.3 is 15.1 Å². The molecule has 0 unspecified atom stereocenters. The van der Waals surface area contributed by atoms with Crippen LogP contribution in [0.15, 0.2) is 45.9 Å². The van der Waals surface area contributed by atoms with E-state index in [1.165, 1.54) is 11.3 Å². The number of furan rings is 1. The number of nitrogens with two attached hydrogens (primary N) is 1. The van der Waals surface area contributed by atoms with E-state index in [4.69, 9.17) is 22.4 Å². The molecule has 7 heteroatoms. The molecule has 3 N–H and O–H groups in total. The highest BCUT2D eigenvalue weighted by Gasteiger charge is 2.19. The lowest BCUT2D eigenvalue weighted by atomic mass is 9.87. The van der Waals surface area contributed by atoms with Crippen LogP contribution in [-0.4, -0.2) is 42.4 Å². The average Bonchev–Trinajstić information content (AvgIpc) is 3.09. The molecule has 1 aromatic heterocycles. The molecule has 150 valence electrons. The lowest BCUT2D eigenvalue weighted by molar-refractivity contribution is 0.230. The van der Waals surface area contributed by atoms with Crippen molar-refractivity contribution >= 4 is 29.2 Å². The van der Waals surface area contributed by atoms with Gasteiger partial charge >= 0.3 is 0 Å². The first-order chi connectivity index (χ1) is 13.3. The van der Waals surface area contributed by atoms with Gasteiger partial charge in [0, 0.05) is 31.9 Å². The Kier molecular flexibility index (Phi) is 6.36. The van der Waals surface area contributed by atoms with Gasteiger partial charge in [-0.15, -0.1) is 0 Å². The summed E-state index contributed by atoms with van der Waals surface area (Å²) in [6.07, 6.45) is 1.57. The lowest BCUT2D eigenvalue weighted by Crippen LogP contribution is -2.45. The molecule has 1 aliphatic rings. The molecule has 0 saturated carbocycles. The van der Waals surface area contributed by atoms with Gasteiger partial charge in [0.1, 0.15) is 11.5 Å². The topological polar surface area (TPSA) is 70.0 Å². The van der Waals surface area contributed by atoms with Crippen LogP contribution >= 0.6 is 12.2 Å². The van der Waals surface area contributed by atoms with Crippen molar-refractivity contribution in [3.8, 4) is 0 Å². The average molecular weight is 400 g/mol. The largest absolute Gasteiger partial charge is 0.459 e. The Bertz CT molecular complexity index is 814. The Morgan fingerprint density at radius 2 is 1.82 bits per heavy atom. The molecule has 3 rings (SSSR count). The lowest BCUT2D eigenvalue weighted by Gasteiger charge is -2.36. The van der Waals surface area contributed by atoms with E-state index >= 15 is 0 Å². The fourth-order valence-corrected chi connectivity index (χ4v) is 3.32. The van der Waals surface area contributed by atoms with Crippen LogP contribution in [0.1, 0.15) is 37.9 Å². The van der Waals surface area contributed by atoms with Crippen molar-refractivity contribution in [3.05, 3.63) is 53.5 Å². The predicted molar refractivity (Wildman–Crippen MR) is 119 cm³/mol. The number of thiocarbonyl (C=S) groups is 1. The molecule has 6 nitrogen and oxygen atoms in total. The van der Waals surface area contributed by atoms with Crippen molar-refractivity contribution < 1.29 is 4.42 Å². The van der Waals surface area contributed by atoms with E-state index in [1.54, 1.807) is 6.21 Å². The van der Waals surface area contributed by atoms with Gasteiger partial charge in [-0.05, 0) is 47.5 Å². The fourth-order valence-electron chi connectivity index (χ4n) is 3.27. The van der Waals surface area contributed by atoms with E-state index in [1.807, 2.05) is 12.1 Å². The summed E-state index contributed by atoms with van der Waals surface area (Å²) in [4.78, 5) is 4.86. The van der Waals surface area contributed by atoms with E-state index in [0.29, 0.717) is 5.76 Å². The third kappa shape index (κ3) is 5.56. The monoisotopic (exact) mass is 399 g/mol. The second-order valence-corrected chi connectivity index (χ2v) is 8.54. The quantitative estimate of drug-likeness (QED) is 0.457. The summed E-state index contributed by atoms with van der Waals surface area (Å²) < 4.78 is 5.80. The molecule has 2 aromatic rings. The van der Waals surface area contributed by atoms with Gasteiger partial charge in [0.05, 0.1) is 12.8 Å². The van der Waals surface area contributed by atoms with Crippen LogP contribution in [0.25, 0.3) is 0 Å². The Hall–Kier alpha value is -2.38. The Labute approximate surface area is 172 Å². The molecule has 28 heavy (non-hydrogen) atoms.